The van der Waals surface area contributed by atoms with Gasteiger partial charge in [0.05, 0.1) is 11.5 Å². The molecule has 3 rings (SSSR count). The minimum absolute atomic E-state index is 0.0649. The van der Waals surface area contributed by atoms with Crippen molar-refractivity contribution >= 4 is 5.91 Å². The molecule has 2 aliphatic carbocycles. The second-order valence-corrected chi connectivity index (χ2v) is 7.00. The quantitative estimate of drug-likeness (QED) is 0.784. The fourth-order valence-electron chi connectivity index (χ4n) is 4.13. The van der Waals surface area contributed by atoms with Crippen LogP contribution in [0.4, 0.5) is 0 Å². The van der Waals surface area contributed by atoms with Crippen LogP contribution in [-0.4, -0.2) is 48.3 Å². The topological polar surface area (TPSA) is 49.8 Å². The number of nitrogens with zero attached hydrogens (tertiary/aromatic N) is 1. The number of rotatable bonds is 5. The zero-order valence-corrected chi connectivity index (χ0v) is 12.6. The molecular weight excluding hydrogens is 254 g/mol. The minimum atomic E-state index is -0.295. The number of aliphatic hydroxyl groups excluding tert-OH is 1. The molecule has 0 radical (unpaired) electrons. The molecule has 1 aliphatic heterocycles. The minimum Gasteiger partial charge on any atom is -0.391 e. The Morgan fingerprint density at radius 3 is 2.55 bits per heavy atom. The summed E-state index contributed by atoms with van der Waals surface area (Å²) >= 11 is 0. The smallest absolute Gasteiger partial charge is 0.228 e. The summed E-state index contributed by atoms with van der Waals surface area (Å²) in [6.45, 7) is 4.73. The average molecular weight is 281 g/mol. The number of aliphatic hydroxyl groups is 1. The van der Waals surface area contributed by atoms with Gasteiger partial charge in [0.25, 0.3) is 0 Å². The Bertz CT molecular complexity index is 372. The van der Waals surface area contributed by atoms with E-state index in [-0.39, 0.29) is 22.8 Å². The molecule has 1 unspecified atom stereocenters. The lowest BCUT2D eigenvalue weighted by Crippen LogP contribution is -2.42. The Kier molecular flexibility index (Phi) is 3.80. The van der Waals surface area contributed by atoms with Crippen LogP contribution < -0.4 is 0 Å². The van der Waals surface area contributed by atoms with Gasteiger partial charge in [-0.3, -0.25) is 4.79 Å². The van der Waals surface area contributed by atoms with Crippen molar-refractivity contribution in [2.75, 3.05) is 26.3 Å². The van der Waals surface area contributed by atoms with Gasteiger partial charge in [-0.05, 0) is 39.0 Å². The number of hydrogen-bond acceptors (Lipinski definition) is 3. The van der Waals surface area contributed by atoms with Crippen LogP contribution >= 0.6 is 0 Å². The van der Waals surface area contributed by atoms with E-state index in [1.54, 1.807) is 0 Å². The molecule has 2 saturated carbocycles. The Morgan fingerprint density at radius 1 is 1.30 bits per heavy atom. The Labute approximate surface area is 121 Å². The normalized spacial score (nSPS) is 30.1. The average Bonchev–Trinajstić information content (AvgIpc) is 2.93. The van der Waals surface area contributed by atoms with Gasteiger partial charge in [0.15, 0.2) is 0 Å². The molecule has 0 bridgehead atoms. The maximum Gasteiger partial charge on any atom is 0.228 e. The first-order valence-electron chi connectivity index (χ1n) is 8.17. The predicted octanol–water partition coefficient (Wildman–Crippen LogP) is 1.96. The molecule has 3 aliphatic rings. The molecule has 4 heteroatoms. The maximum absolute atomic E-state index is 13.0. The van der Waals surface area contributed by atoms with Gasteiger partial charge in [-0.25, -0.2) is 0 Å². The summed E-state index contributed by atoms with van der Waals surface area (Å²) in [4.78, 5) is 14.9. The molecule has 0 aromatic rings. The SMILES string of the molecule is CCOCCC1(C(=O)N2CC(O)C3(CC3)C2)CCCC1. The Hall–Kier alpha value is -0.610. The summed E-state index contributed by atoms with van der Waals surface area (Å²) in [7, 11) is 0. The zero-order chi connectivity index (χ0) is 14.2. The Balaban J connectivity index is 1.66. The number of hydrogen-bond donors (Lipinski definition) is 1. The van der Waals surface area contributed by atoms with Gasteiger partial charge >= 0.3 is 0 Å². The van der Waals surface area contributed by atoms with Crippen molar-refractivity contribution in [1.82, 2.24) is 4.90 Å². The van der Waals surface area contributed by atoms with Gasteiger partial charge in [-0.15, -0.1) is 0 Å². The molecule has 0 aromatic heterocycles. The van der Waals surface area contributed by atoms with Crippen LogP contribution in [0.3, 0.4) is 0 Å². The van der Waals surface area contributed by atoms with E-state index >= 15 is 0 Å². The lowest BCUT2D eigenvalue weighted by molar-refractivity contribution is -0.142. The summed E-state index contributed by atoms with van der Waals surface area (Å²) in [6.07, 6.45) is 7.03. The van der Waals surface area contributed by atoms with Crippen molar-refractivity contribution < 1.29 is 14.6 Å². The van der Waals surface area contributed by atoms with E-state index in [2.05, 4.69) is 0 Å². The predicted molar refractivity (Wildman–Crippen MR) is 76.3 cm³/mol. The van der Waals surface area contributed by atoms with Gasteiger partial charge in [0.1, 0.15) is 0 Å². The molecule has 3 fully saturated rings. The van der Waals surface area contributed by atoms with Crippen molar-refractivity contribution in [2.45, 2.75) is 58.0 Å². The highest BCUT2D eigenvalue weighted by molar-refractivity contribution is 5.83. The zero-order valence-electron chi connectivity index (χ0n) is 12.6. The Morgan fingerprint density at radius 2 is 2.00 bits per heavy atom. The van der Waals surface area contributed by atoms with Gasteiger partial charge in [-0.1, -0.05) is 12.8 Å². The molecule has 1 saturated heterocycles. The van der Waals surface area contributed by atoms with E-state index in [1.165, 1.54) is 0 Å². The number of carbonyl (C=O) groups is 1. The lowest BCUT2D eigenvalue weighted by atomic mass is 9.81. The highest BCUT2D eigenvalue weighted by atomic mass is 16.5. The van der Waals surface area contributed by atoms with Gasteiger partial charge < -0.3 is 14.7 Å². The summed E-state index contributed by atoms with van der Waals surface area (Å²) < 4.78 is 5.49. The molecule has 4 nitrogen and oxygen atoms in total. The van der Waals surface area contributed by atoms with Crippen molar-refractivity contribution in [3.05, 3.63) is 0 Å². The number of likely N-dealkylation sites (tertiary alicyclic amines) is 1. The van der Waals surface area contributed by atoms with E-state index in [0.717, 1.165) is 58.1 Å². The first-order valence-corrected chi connectivity index (χ1v) is 8.17. The number of ether oxygens (including phenoxy) is 1. The molecule has 1 amide bonds. The van der Waals surface area contributed by atoms with Crippen LogP contribution in [0, 0.1) is 10.8 Å². The van der Waals surface area contributed by atoms with Crippen molar-refractivity contribution in [3.8, 4) is 0 Å². The summed E-state index contributed by atoms with van der Waals surface area (Å²) in [5.41, 5.74) is -0.134. The molecule has 1 spiro atoms. The summed E-state index contributed by atoms with van der Waals surface area (Å²) in [5.74, 6) is 0.289. The van der Waals surface area contributed by atoms with Crippen LogP contribution in [-0.2, 0) is 9.53 Å². The van der Waals surface area contributed by atoms with Gasteiger partial charge in [0.2, 0.25) is 5.91 Å². The highest BCUT2D eigenvalue weighted by Crippen LogP contribution is 2.54. The highest BCUT2D eigenvalue weighted by Gasteiger charge is 2.57. The summed E-state index contributed by atoms with van der Waals surface area (Å²) in [6, 6.07) is 0. The molecule has 1 atom stereocenters. The van der Waals surface area contributed by atoms with E-state index in [9.17, 15) is 9.90 Å². The number of amides is 1. The van der Waals surface area contributed by atoms with Crippen molar-refractivity contribution in [3.63, 3.8) is 0 Å². The first-order chi connectivity index (χ1) is 9.62. The number of β-amino-alcohol motifs (C(OH)–C–C–N with tert-alkyl or cyclic N) is 1. The molecule has 0 aromatic carbocycles. The maximum atomic E-state index is 13.0. The third kappa shape index (κ3) is 2.37. The van der Waals surface area contributed by atoms with E-state index in [0.29, 0.717) is 13.2 Å². The molecular formula is C16H27NO3. The molecule has 114 valence electrons. The van der Waals surface area contributed by atoms with Crippen molar-refractivity contribution in [1.29, 1.82) is 0 Å². The van der Waals surface area contributed by atoms with Crippen LogP contribution in [0.5, 0.6) is 0 Å². The van der Waals surface area contributed by atoms with Gasteiger partial charge in [-0.2, -0.15) is 0 Å². The van der Waals surface area contributed by atoms with E-state index in [4.69, 9.17) is 4.74 Å². The fourth-order valence-corrected chi connectivity index (χ4v) is 4.13. The fraction of sp³-hybridized carbons (Fsp3) is 0.938. The lowest BCUT2D eigenvalue weighted by Gasteiger charge is -2.32. The monoisotopic (exact) mass is 281 g/mol. The third-order valence-electron chi connectivity index (χ3n) is 5.73. The largest absolute Gasteiger partial charge is 0.391 e. The third-order valence-corrected chi connectivity index (χ3v) is 5.73. The van der Waals surface area contributed by atoms with E-state index in [1.807, 2.05) is 11.8 Å². The van der Waals surface area contributed by atoms with Crippen LogP contribution in [0.2, 0.25) is 0 Å². The van der Waals surface area contributed by atoms with Crippen LogP contribution in [0.25, 0.3) is 0 Å². The summed E-state index contributed by atoms with van der Waals surface area (Å²) in [5, 5.41) is 10.2. The second kappa shape index (κ2) is 5.30. The molecule has 1 heterocycles. The van der Waals surface area contributed by atoms with E-state index < -0.39 is 0 Å². The molecule has 1 N–H and O–H groups in total. The van der Waals surface area contributed by atoms with Crippen molar-refractivity contribution in [2.24, 2.45) is 10.8 Å². The second-order valence-electron chi connectivity index (χ2n) is 7.00. The standard InChI is InChI=1S/C16H27NO3/c1-2-20-10-9-15(5-3-4-6-15)14(19)17-11-13(18)16(12-17)7-8-16/h13,18H,2-12H2,1H3. The van der Waals surface area contributed by atoms with Gasteiger partial charge in [0, 0.05) is 31.7 Å². The first kappa shape index (κ1) is 14.3. The molecule has 20 heavy (non-hydrogen) atoms. The van der Waals surface area contributed by atoms with Crippen LogP contribution in [0.15, 0.2) is 0 Å². The number of carbonyl (C=O) groups excluding carboxylic acids is 1. The van der Waals surface area contributed by atoms with Crippen LogP contribution in [0.1, 0.15) is 51.9 Å².